The monoisotopic (exact) mass is 385 g/mol. The van der Waals surface area contributed by atoms with Crippen LogP contribution in [-0.2, 0) is 12.8 Å². The summed E-state index contributed by atoms with van der Waals surface area (Å²) in [7, 11) is 5.40. The van der Waals surface area contributed by atoms with Gasteiger partial charge >= 0.3 is 0 Å². The van der Waals surface area contributed by atoms with Crippen LogP contribution in [0.4, 0.5) is 0 Å². The van der Waals surface area contributed by atoms with E-state index in [0.29, 0.717) is 12.6 Å². The third-order valence-corrected chi connectivity index (χ3v) is 5.44. The van der Waals surface area contributed by atoms with Crippen LogP contribution in [0, 0.1) is 0 Å². The van der Waals surface area contributed by atoms with Crippen molar-refractivity contribution in [2.75, 3.05) is 34.4 Å². The lowest BCUT2D eigenvalue weighted by Crippen LogP contribution is -2.26. The Hall–Kier alpha value is -2.24. The standard InChI is InChI=1S/C23H31NO4/c1-24-16-20(25)14-19(24)10-11-28-23-7-5-4-6-18(23)9-8-17-12-21(26-2)15-22(13-17)27-3/h4-7,12-13,15,19-20,25H,8-11,14,16H2,1-3H3/t19-,20-/m1/s1. The molecule has 2 aromatic rings. The van der Waals surface area contributed by atoms with Gasteiger partial charge in [0.25, 0.3) is 0 Å². The molecule has 1 N–H and O–H groups in total. The van der Waals surface area contributed by atoms with E-state index in [-0.39, 0.29) is 6.10 Å². The van der Waals surface area contributed by atoms with Crippen molar-refractivity contribution >= 4 is 0 Å². The average Bonchev–Trinajstić information content (AvgIpc) is 3.03. The summed E-state index contributed by atoms with van der Waals surface area (Å²) in [6.45, 7) is 1.41. The number of β-amino-alcohol motifs (C(OH)–C–C–N with tert-alkyl or cyclic N) is 1. The number of hydrogen-bond acceptors (Lipinski definition) is 5. The number of aliphatic hydroxyl groups is 1. The van der Waals surface area contributed by atoms with Crippen molar-refractivity contribution in [3.8, 4) is 17.2 Å². The highest BCUT2D eigenvalue weighted by molar-refractivity contribution is 5.40. The number of rotatable bonds is 9. The Morgan fingerprint density at radius 3 is 2.39 bits per heavy atom. The molecule has 0 unspecified atom stereocenters. The number of para-hydroxylation sites is 1. The maximum absolute atomic E-state index is 9.78. The van der Waals surface area contributed by atoms with Gasteiger partial charge in [0, 0.05) is 18.7 Å². The van der Waals surface area contributed by atoms with Crippen LogP contribution in [0.1, 0.15) is 24.0 Å². The fourth-order valence-electron chi connectivity index (χ4n) is 3.83. The molecule has 2 aromatic carbocycles. The van der Waals surface area contributed by atoms with Crippen LogP contribution < -0.4 is 14.2 Å². The smallest absolute Gasteiger partial charge is 0.122 e. The number of methoxy groups -OCH3 is 2. The van der Waals surface area contributed by atoms with Crippen LogP contribution >= 0.6 is 0 Å². The Labute approximate surface area is 167 Å². The average molecular weight is 386 g/mol. The molecular weight excluding hydrogens is 354 g/mol. The number of nitrogens with zero attached hydrogens (tertiary/aromatic N) is 1. The molecular formula is C23H31NO4. The second-order valence-electron chi connectivity index (χ2n) is 7.45. The number of aryl methyl sites for hydroxylation is 2. The molecule has 3 rings (SSSR count). The van der Waals surface area contributed by atoms with Crippen LogP contribution in [-0.4, -0.2) is 56.6 Å². The largest absolute Gasteiger partial charge is 0.497 e. The lowest BCUT2D eigenvalue weighted by Gasteiger charge is -2.19. The highest BCUT2D eigenvalue weighted by Gasteiger charge is 2.27. The van der Waals surface area contributed by atoms with Gasteiger partial charge < -0.3 is 24.2 Å². The molecule has 1 saturated heterocycles. The molecule has 0 saturated carbocycles. The zero-order valence-electron chi connectivity index (χ0n) is 17.1. The first-order chi connectivity index (χ1) is 13.6. The summed E-state index contributed by atoms with van der Waals surface area (Å²) in [5, 5.41) is 9.78. The molecule has 1 aliphatic rings. The second-order valence-corrected chi connectivity index (χ2v) is 7.45. The Morgan fingerprint density at radius 1 is 1.04 bits per heavy atom. The van der Waals surface area contributed by atoms with Crippen molar-refractivity contribution in [3.05, 3.63) is 53.6 Å². The minimum absolute atomic E-state index is 0.206. The number of ether oxygens (including phenoxy) is 3. The third-order valence-electron chi connectivity index (χ3n) is 5.44. The first kappa shape index (κ1) is 20.5. The molecule has 0 bridgehead atoms. The van der Waals surface area contributed by atoms with Crippen molar-refractivity contribution in [2.24, 2.45) is 0 Å². The van der Waals surface area contributed by atoms with E-state index < -0.39 is 0 Å². The Morgan fingerprint density at radius 2 is 1.75 bits per heavy atom. The van der Waals surface area contributed by atoms with Crippen molar-refractivity contribution in [3.63, 3.8) is 0 Å². The second kappa shape index (κ2) is 9.80. The van der Waals surface area contributed by atoms with Crippen molar-refractivity contribution in [2.45, 2.75) is 37.8 Å². The quantitative estimate of drug-likeness (QED) is 0.718. The molecule has 28 heavy (non-hydrogen) atoms. The van der Waals surface area contributed by atoms with Gasteiger partial charge in [-0.1, -0.05) is 18.2 Å². The van der Waals surface area contributed by atoms with Gasteiger partial charge in [-0.25, -0.2) is 0 Å². The summed E-state index contributed by atoms with van der Waals surface area (Å²) in [5.74, 6) is 2.56. The summed E-state index contributed by atoms with van der Waals surface area (Å²) < 4.78 is 16.8. The predicted molar refractivity (Wildman–Crippen MR) is 111 cm³/mol. The van der Waals surface area contributed by atoms with E-state index in [4.69, 9.17) is 14.2 Å². The van der Waals surface area contributed by atoms with Crippen LogP contribution in [0.15, 0.2) is 42.5 Å². The van der Waals surface area contributed by atoms with Gasteiger partial charge in [0.1, 0.15) is 17.2 Å². The summed E-state index contributed by atoms with van der Waals surface area (Å²) in [4.78, 5) is 2.22. The van der Waals surface area contributed by atoms with Gasteiger partial charge in [0.05, 0.1) is 26.9 Å². The molecule has 0 aromatic heterocycles. The number of likely N-dealkylation sites (N-methyl/N-ethyl adjacent to an activating group) is 1. The molecule has 2 atom stereocenters. The molecule has 0 spiro atoms. The zero-order valence-corrected chi connectivity index (χ0v) is 17.1. The minimum atomic E-state index is -0.206. The van der Waals surface area contributed by atoms with E-state index >= 15 is 0 Å². The fourth-order valence-corrected chi connectivity index (χ4v) is 3.83. The first-order valence-corrected chi connectivity index (χ1v) is 9.90. The maximum Gasteiger partial charge on any atom is 0.122 e. The molecule has 1 aliphatic heterocycles. The molecule has 5 nitrogen and oxygen atoms in total. The van der Waals surface area contributed by atoms with E-state index in [1.54, 1.807) is 14.2 Å². The first-order valence-electron chi connectivity index (χ1n) is 9.90. The SMILES string of the molecule is COc1cc(CCc2ccccc2OCC[C@@H]2C[C@@H](O)CN2C)cc(OC)c1. The van der Waals surface area contributed by atoms with Gasteiger partial charge in [-0.15, -0.1) is 0 Å². The highest BCUT2D eigenvalue weighted by Crippen LogP contribution is 2.26. The number of aliphatic hydroxyl groups excluding tert-OH is 1. The molecule has 0 aliphatic carbocycles. The molecule has 152 valence electrons. The third kappa shape index (κ3) is 5.40. The van der Waals surface area contributed by atoms with Crippen molar-refractivity contribution < 1.29 is 19.3 Å². The number of benzene rings is 2. The van der Waals surface area contributed by atoms with Crippen molar-refractivity contribution in [1.82, 2.24) is 4.90 Å². The molecule has 5 heteroatoms. The van der Waals surface area contributed by atoms with Gasteiger partial charge in [-0.3, -0.25) is 0 Å². The maximum atomic E-state index is 9.78. The molecule has 0 amide bonds. The molecule has 1 fully saturated rings. The predicted octanol–water partition coefficient (Wildman–Crippen LogP) is 3.32. The van der Waals surface area contributed by atoms with Gasteiger partial charge in [0.15, 0.2) is 0 Å². The van der Waals surface area contributed by atoms with Crippen LogP contribution in [0.2, 0.25) is 0 Å². The van der Waals surface area contributed by atoms with E-state index in [1.807, 2.05) is 30.3 Å². The molecule has 0 radical (unpaired) electrons. The van der Waals surface area contributed by atoms with Crippen LogP contribution in [0.3, 0.4) is 0 Å². The summed E-state index contributed by atoms with van der Waals surface area (Å²) in [6.07, 6.45) is 3.32. The zero-order chi connectivity index (χ0) is 19.9. The lowest BCUT2D eigenvalue weighted by molar-refractivity contribution is 0.182. The highest BCUT2D eigenvalue weighted by atomic mass is 16.5. The Kier molecular flexibility index (Phi) is 7.18. The molecule has 1 heterocycles. The lowest BCUT2D eigenvalue weighted by atomic mass is 10.0. The van der Waals surface area contributed by atoms with Gasteiger partial charge in [-0.05, 0) is 62.1 Å². The summed E-state index contributed by atoms with van der Waals surface area (Å²) >= 11 is 0. The fraction of sp³-hybridized carbons (Fsp3) is 0.478. The summed E-state index contributed by atoms with van der Waals surface area (Å²) in [6, 6.07) is 14.6. The topological polar surface area (TPSA) is 51.2 Å². The normalized spacial score (nSPS) is 19.6. The number of likely N-dealkylation sites (tertiary alicyclic amines) is 1. The van der Waals surface area contributed by atoms with E-state index in [1.165, 1.54) is 11.1 Å². The summed E-state index contributed by atoms with van der Waals surface area (Å²) in [5.41, 5.74) is 2.37. The van der Waals surface area contributed by atoms with Gasteiger partial charge in [0.2, 0.25) is 0 Å². The minimum Gasteiger partial charge on any atom is -0.497 e. The van der Waals surface area contributed by atoms with Crippen molar-refractivity contribution in [1.29, 1.82) is 0 Å². The van der Waals surface area contributed by atoms with Crippen LogP contribution in [0.25, 0.3) is 0 Å². The Bertz CT molecular complexity index is 742. The number of hydrogen-bond donors (Lipinski definition) is 1. The Balaban J connectivity index is 1.58. The van der Waals surface area contributed by atoms with Crippen LogP contribution in [0.5, 0.6) is 17.2 Å². The van der Waals surface area contributed by atoms with E-state index in [0.717, 1.165) is 49.5 Å². The van der Waals surface area contributed by atoms with Gasteiger partial charge in [-0.2, -0.15) is 0 Å². The van der Waals surface area contributed by atoms with E-state index in [2.05, 4.69) is 24.1 Å². The van der Waals surface area contributed by atoms with E-state index in [9.17, 15) is 5.11 Å².